The van der Waals surface area contributed by atoms with Crippen LogP contribution in [-0.4, -0.2) is 55.6 Å². The summed E-state index contributed by atoms with van der Waals surface area (Å²) in [5, 5.41) is 0. The van der Waals surface area contributed by atoms with Crippen LogP contribution in [0.25, 0.3) is 0 Å². The first-order valence-electron chi connectivity index (χ1n) is 9.68. The standard InChI is InChI=1S/C21H26N2O5S/c1-16-14-23(15-17(2)28-16)29(25,26)20-9-7-19(8-10-20)21(24)27-12-4-6-18-5-3-11-22-13-18/h3,5,7-11,13,16-17H,4,6,12,14-15H2,1-2H3/t16-,17-/m1/s1. The molecule has 0 unspecified atom stereocenters. The zero-order chi connectivity index (χ0) is 20.9. The van der Waals surface area contributed by atoms with Crippen molar-refractivity contribution in [3.05, 3.63) is 59.9 Å². The normalized spacial score (nSPS) is 20.3. The topological polar surface area (TPSA) is 85.8 Å². The third-order valence-corrected chi connectivity index (χ3v) is 6.53. The summed E-state index contributed by atoms with van der Waals surface area (Å²) in [4.78, 5) is 16.4. The molecule has 0 bridgehead atoms. The number of nitrogens with zero attached hydrogens (tertiary/aromatic N) is 2. The minimum atomic E-state index is -3.63. The maximum Gasteiger partial charge on any atom is 0.338 e. The van der Waals surface area contributed by atoms with E-state index in [9.17, 15) is 13.2 Å². The molecule has 7 nitrogen and oxygen atoms in total. The molecule has 2 atom stereocenters. The Bertz CT molecular complexity index is 906. The number of carbonyl (C=O) groups is 1. The summed E-state index contributed by atoms with van der Waals surface area (Å²) in [6.45, 7) is 4.62. The van der Waals surface area contributed by atoms with Crippen molar-refractivity contribution in [1.29, 1.82) is 0 Å². The van der Waals surface area contributed by atoms with Crippen molar-refractivity contribution in [3.8, 4) is 0 Å². The lowest BCUT2D eigenvalue weighted by Gasteiger charge is -2.34. The molecular weight excluding hydrogens is 392 g/mol. The van der Waals surface area contributed by atoms with Crippen molar-refractivity contribution < 1.29 is 22.7 Å². The molecular formula is C21H26N2O5S. The Hall–Kier alpha value is -2.29. The van der Waals surface area contributed by atoms with E-state index in [0.717, 1.165) is 12.0 Å². The molecule has 1 aliphatic rings. The molecule has 156 valence electrons. The number of carbonyl (C=O) groups excluding carboxylic acids is 1. The highest BCUT2D eigenvalue weighted by Crippen LogP contribution is 2.21. The molecule has 0 radical (unpaired) electrons. The summed E-state index contributed by atoms with van der Waals surface area (Å²) in [6.07, 6.45) is 4.65. The predicted octanol–water partition coefficient (Wildman–Crippen LogP) is 2.67. The van der Waals surface area contributed by atoms with Gasteiger partial charge in [0.1, 0.15) is 0 Å². The molecule has 2 aromatic rings. The van der Waals surface area contributed by atoms with Crippen LogP contribution in [0, 0.1) is 0 Å². The first-order valence-corrected chi connectivity index (χ1v) is 11.1. The SMILES string of the molecule is C[C@@H]1CN(S(=O)(=O)c2ccc(C(=O)OCCCc3cccnc3)cc2)C[C@@H](C)O1. The molecule has 1 fully saturated rings. The predicted molar refractivity (Wildman–Crippen MR) is 108 cm³/mol. The number of benzene rings is 1. The van der Waals surface area contributed by atoms with Crippen LogP contribution >= 0.6 is 0 Å². The van der Waals surface area contributed by atoms with E-state index in [4.69, 9.17) is 9.47 Å². The van der Waals surface area contributed by atoms with Gasteiger partial charge in [0.2, 0.25) is 10.0 Å². The van der Waals surface area contributed by atoms with Crippen molar-refractivity contribution in [1.82, 2.24) is 9.29 Å². The van der Waals surface area contributed by atoms with Gasteiger partial charge in [-0.3, -0.25) is 4.98 Å². The second kappa shape index (κ2) is 9.47. The van der Waals surface area contributed by atoms with E-state index in [0.29, 0.717) is 25.1 Å². The van der Waals surface area contributed by atoms with Crippen LogP contribution in [0.1, 0.15) is 36.2 Å². The van der Waals surface area contributed by atoms with Gasteiger partial charge in [-0.05, 0) is 62.6 Å². The highest BCUT2D eigenvalue weighted by molar-refractivity contribution is 7.89. The van der Waals surface area contributed by atoms with Gasteiger partial charge in [0.15, 0.2) is 0 Å². The molecule has 1 aromatic heterocycles. The van der Waals surface area contributed by atoms with Crippen molar-refractivity contribution >= 4 is 16.0 Å². The molecule has 29 heavy (non-hydrogen) atoms. The summed E-state index contributed by atoms with van der Waals surface area (Å²) in [5.41, 5.74) is 1.42. The van der Waals surface area contributed by atoms with Gasteiger partial charge in [0, 0.05) is 25.5 Å². The van der Waals surface area contributed by atoms with Crippen LogP contribution in [0.15, 0.2) is 53.7 Å². The highest BCUT2D eigenvalue weighted by atomic mass is 32.2. The maximum atomic E-state index is 12.9. The highest BCUT2D eigenvalue weighted by Gasteiger charge is 2.32. The van der Waals surface area contributed by atoms with Crippen molar-refractivity contribution in [3.63, 3.8) is 0 Å². The number of esters is 1. The van der Waals surface area contributed by atoms with Gasteiger partial charge in [0.05, 0.1) is 29.3 Å². The minimum absolute atomic E-state index is 0.158. The minimum Gasteiger partial charge on any atom is -0.462 e. The Balaban J connectivity index is 1.55. The van der Waals surface area contributed by atoms with Crippen molar-refractivity contribution in [2.45, 2.75) is 43.8 Å². The third kappa shape index (κ3) is 5.62. The van der Waals surface area contributed by atoms with E-state index in [1.807, 2.05) is 26.0 Å². The molecule has 0 spiro atoms. The molecule has 0 aliphatic carbocycles. The smallest absolute Gasteiger partial charge is 0.338 e. The molecule has 2 heterocycles. The monoisotopic (exact) mass is 418 g/mol. The number of ether oxygens (including phenoxy) is 2. The van der Waals surface area contributed by atoms with Gasteiger partial charge in [-0.2, -0.15) is 4.31 Å². The van der Waals surface area contributed by atoms with E-state index in [-0.39, 0.29) is 23.7 Å². The van der Waals surface area contributed by atoms with Gasteiger partial charge in [-0.1, -0.05) is 6.07 Å². The fourth-order valence-corrected chi connectivity index (χ4v) is 4.90. The molecule has 1 saturated heterocycles. The third-order valence-electron chi connectivity index (χ3n) is 4.68. The number of pyridine rings is 1. The van der Waals surface area contributed by atoms with Gasteiger partial charge in [-0.15, -0.1) is 0 Å². The second-order valence-corrected chi connectivity index (χ2v) is 9.14. The summed E-state index contributed by atoms with van der Waals surface area (Å²) in [7, 11) is -3.63. The van der Waals surface area contributed by atoms with Gasteiger partial charge >= 0.3 is 5.97 Å². The van der Waals surface area contributed by atoms with Crippen LogP contribution in [0.5, 0.6) is 0 Å². The average molecular weight is 419 g/mol. The summed E-state index contributed by atoms with van der Waals surface area (Å²) in [6, 6.07) is 9.73. The zero-order valence-corrected chi connectivity index (χ0v) is 17.5. The Morgan fingerprint density at radius 1 is 1.17 bits per heavy atom. The van der Waals surface area contributed by atoms with Crippen molar-refractivity contribution in [2.24, 2.45) is 0 Å². The summed E-state index contributed by atoms with van der Waals surface area (Å²) >= 11 is 0. The van der Waals surface area contributed by atoms with Gasteiger partial charge < -0.3 is 9.47 Å². The summed E-state index contributed by atoms with van der Waals surface area (Å²) in [5.74, 6) is -0.464. The number of hydrogen-bond acceptors (Lipinski definition) is 6. The van der Waals surface area contributed by atoms with E-state index in [2.05, 4.69) is 4.98 Å². The van der Waals surface area contributed by atoms with E-state index >= 15 is 0 Å². The largest absolute Gasteiger partial charge is 0.462 e. The molecule has 0 N–H and O–H groups in total. The number of aryl methyl sites for hydroxylation is 1. The number of rotatable bonds is 7. The molecule has 3 rings (SSSR count). The average Bonchev–Trinajstić information content (AvgIpc) is 2.71. The fraction of sp³-hybridized carbons (Fsp3) is 0.429. The van der Waals surface area contributed by atoms with Crippen LogP contribution in [-0.2, 0) is 25.9 Å². The van der Waals surface area contributed by atoms with E-state index < -0.39 is 16.0 Å². The Morgan fingerprint density at radius 3 is 2.48 bits per heavy atom. The van der Waals surface area contributed by atoms with Gasteiger partial charge in [-0.25, -0.2) is 13.2 Å². The van der Waals surface area contributed by atoms with Crippen LogP contribution < -0.4 is 0 Å². The van der Waals surface area contributed by atoms with Crippen LogP contribution in [0.2, 0.25) is 0 Å². The number of sulfonamides is 1. The van der Waals surface area contributed by atoms with Crippen LogP contribution in [0.4, 0.5) is 0 Å². The molecule has 1 aliphatic heterocycles. The molecule has 1 aromatic carbocycles. The number of aromatic nitrogens is 1. The van der Waals surface area contributed by atoms with E-state index in [1.54, 1.807) is 12.4 Å². The Labute approximate surface area is 171 Å². The lowest BCUT2D eigenvalue weighted by molar-refractivity contribution is -0.0440. The Morgan fingerprint density at radius 2 is 1.86 bits per heavy atom. The van der Waals surface area contributed by atoms with Crippen LogP contribution in [0.3, 0.4) is 0 Å². The second-order valence-electron chi connectivity index (χ2n) is 7.20. The zero-order valence-electron chi connectivity index (χ0n) is 16.7. The molecule has 8 heteroatoms. The first-order chi connectivity index (χ1) is 13.9. The number of hydrogen-bond donors (Lipinski definition) is 0. The fourth-order valence-electron chi connectivity index (χ4n) is 3.31. The van der Waals surface area contributed by atoms with E-state index in [1.165, 1.54) is 28.6 Å². The molecule has 0 amide bonds. The first kappa shape index (κ1) is 21.4. The lowest BCUT2D eigenvalue weighted by atomic mass is 10.2. The van der Waals surface area contributed by atoms with Crippen molar-refractivity contribution in [2.75, 3.05) is 19.7 Å². The summed E-state index contributed by atoms with van der Waals surface area (Å²) < 4.78 is 38.0. The lowest BCUT2D eigenvalue weighted by Crippen LogP contribution is -2.48. The van der Waals surface area contributed by atoms with Gasteiger partial charge in [0.25, 0.3) is 0 Å². The Kier molecular flexibility index (Phi) is 7.00. The molecule has 0 saturated carbocycles. The quantitative estimate of drug-likeness (QED) is 0.508. The maximum absolute atomic E-state index is 12.9. The number of morpholine rings is 1.